The molecule has 0 spiro atoms. The topological polar surface area (TPSA) is 34.1 Å². The molecule has 0 saturated carbocycles. The van der Waals surface area contributed by atoms with E-state index in [1.165, 1.54) is 12.8 Å². The van der Waals surface area contributed by atoms with Gasteiger partial charge in [0.05, 0.1) is 0 Å². The zero-order valence-corrected chi connectivity index (χ0v) is 9.37. The summed E-state index contributed by atoms with van der Waals surface area (Å²) in [6.45, 7) is 4.30. The molecule has 0 bridgehead atoms. The van der Waals surface area contributed by atoms with Crippen LogP contribution in [-0.2, 0) is 9.59 Å². The molecule has 82 valence electrons. The molecule has 0 aromatic heterocycles. The molecular weight excluding hydrogens is 176 g/mol. The average Bonchev–Trinajstić information content (AvgIpc) is 2.15. The fourth-order valence-corrected chi connectivity index (χ4v) is 1.59. The molecule has 2 atom stereocenters. The van der Waals surface area contributed by atoms with Gasteiger partial charge in [-0.25, -0.2) is 0 Å². The van der Waals surface area contributed by atoms with E-state index in [2.05, 4.69) is 13.8 Å². The van der Waals surface area contributed by atoms with Crippen LogP contribution in [-0.4, -0.2) is 12.6 Å². The molecule has 2 nitrogen and oxygen atoms in total. The Kier molecular flexibility index (Phi) is 8.50. The van der Waals surface area contributed by atoms with E-state index in [1.54, 1.807) is 0 Å². The Morgan fingerprint density at radius 1 is 0.929 bits per heavy atom. The van der Waals surface area contributed by atoms with Crippen LogP contribution in [0.4, 0.5) is 0 Å². The normalized spacial score (nSPS) is 14.7. The van der Waals surface area contributed by atoms with Gasteiger partial charge in [0.15, 0.2) is 0 Å². The highest BCUT2D eigenvalue weighted by Gasteiger charge is 2.04. The first kappa shape index (κ1) is 13.3. The van der Waals surface area contributed by atoms with Crippen molar-refractivity contribution in [3.8, 4) is 0 Å². The number of carbonyl (C=O) groups excluding carboxylic acids is 2. The summed E-state index contributed by atoms with van der Waals surface area (Å²) in [4.78, 5) is 20.4. The van der Waals surface area contributed by atoms with E-state index < -0.39 is 0 Å². The summed E-state index contributed by atoms with van der Waals surface area (Å²) in [7, 11) is 0. The van der Waals surface area contributed by atoms with Crippen LogP contribution in [0.25, 0.3) is 0 Å². The molecule has 0 aliphatic heterocycles. The number of carbonyl (C=O) groups is 2. The minimum absolute atomic E-state index is 0.519. The van der Waals surface area contributed by atoms with Crippen LogP contribution in [0.3, 0.4) is 0 Å². The van der Waals surface area contributed by atoms with Gasteiger partial charge in [0.1, 0.15) is 12.6 Å². The lowest BCUT2D eigenvalue weighted by molar-refractivity contribution is -0.109. The largest absolute Gasteiger partial charge is 0.303 e. The van der Waals surface area contributed by atoms with Crippen LogP contribution >= 0.6 is 0 Å². The van der Waals surface area contributed by atoms with Crippen molar-refractivity contribution in [1.82, 2.24) is 0 Å². The van der Waals surface area contributed by atoms with Crippen molar-refractivity contribution in [2.24, 2.45) is 11.8 Å². The van der Waals surface area contributed by atoms with Crippen LogP contribution in [0.2, 0.25) is 0 Å². The van der Waals surface area contributed by atoms with Gasteiger partial charge in [-0.15, -0.1) is 0 Å². The fourth-order valence-electron chi connectivity index (χ4n) is 1.59. The van der Waals surface area contributed by atoms with E-state index >= 15 is 0 Å². The van der Waals surface area contributed by atoms with Gasteiger partial charge in [-0.3, -0.25) is 0 Å². The molecule has 0 saturated heterocycles. The predicted molar refractivity (Wildman–Crippen MR) is 58.2 cm³/mol. The van der Waals surface area contributed by atoms with E-state index in [0.29, 0.717) is 24.7 Å². The van der Waals surface area contributed by atoms with Gasteiger partial charge in [0.25, 0.3) is 0 Å². The molecule has 0 N–H and O–H groups in total. The van der Waals surface area contributed by atoms with E-state index in [1.807, 2.05) is 0 Å². The van der Waals surface area contributed by atoms with Crippen LogP contribution in [0.5, 0.6) is 0 Å². The highest BCUT2D eigenvalue weighted by atomic mass is 16.1. The van der Waals surface area contributed by atoms with Crippen LogP contribution < -0.4 is 0 Å². The van der Waals surface area contributed by atoms with E-state index in [9.17, 15) is 9.59 Å². The lowest BCUT2D eigenvalue weighted by Crippen LogP contribution is -1.99. The summed E-state index contributed by atoms with van der Waals surface area (Å²) in [5.41, 5.74) is 0. The average molecular weight is 198 g/mol. The Morgan fingerprint density at radius 3 is 2.14 bits per heavy atom. The minimum atomic E-state index is 0.519. The fraction of sp³-hybridized carbons (Fsp3) is 0.833. The van der Waals surface area contributed by atoms with Crippen LogP contribution in [0.1, 0.15) is 52.4 Å². The maximum atomic E-state index is 10.2. The Morgan fingerprint density at radius 2 is 1.57 bits per heavy atom. The molecule has 0 aromatic rings. The second kappa shape index (κ2) is 8.92. The molecular formula is C12H22O2. The lowest BCUT2D eigenvalue weighted by atomic mass is 9.95. The monoisotopic (exact) mass is 198 g/mol. The Hall–Kier alpha value is -0.660. The van der Waals surface area contributed by atoms with Gasteiger partial charge in [-0.2, -0.15) is 0 Å². The molecule has 0 fully saturated rings. The Labute approximate surface area is 87.1 Å². The number of hydrogen-bond acceptors (Lipinski definition) is 2. The highest BCUT2D eigenvalue weighted by molar-refractivity contribution is 5.49. The van der Waals surface area contributed by atoms with Crippen molar-refractivity contribution < 1.29 is 9.59 Å². The zero-order valence-electron chi connectivity index (χ0n) is 9.37. The van der Waals surface area contributed by atoms with Crippen molar-refractivity contribution >= 4 is 12.6 Å². The second-order valence-electron chi connectivity index (χ2n) is 4.29. The molecule has 0 amide bonds. The Bertz CT molecular complexity index is 154. The summed E-state index contributed by atoms with van der Waals surface area (Å²) < 4.78 is 0. The number of aldehydes is 2. The maximum Gasteiger partial charge on any atom is 0.120 e. The van der Waals surface area contributed by atoms with E-state index in [4.69, 9.17) is 0 Å². The van der Waals surface area contributed by atoms with Gasteiger partial charge in [-0.05, 0) is 18.3 Å². The van der Waals surface area contributed by atoms with Gasteiger partial charge >= 0.3 is 0 Å². The minimum Gasteiger partial charge on any atom is -0.303 e. The summed E-state index contributed by atoms with van der Waals surface area (Å²) in [6.07, 6.45) is 7.85. The second-order valence-corrected chi connectivity index (χ2v) is 4.29. The smallest absolute Gasteiger partial charge is 0.120 e. The summed E-state index contributed by atoms with van der Waals surface area (Å²) >= 11 is 0. The van der Waals surface area contributed by atoms with E-state index in [0.717, 1.165) is 25.4 Å². The molecule has 0 aliphatic carbocycles. The lowest BCUT2D eigenvalue weighted by Gasteiger charge is -2.11. The molecule has 14 heavy (non-hydrogen) atoms. The van der Waals surface area contributed by atoms with Gasteiger partial charge < -0.3 is 9.59 Å². The van der Waals surface area contributed by atoms with E-state index in [-0.39, 0.29) is 0 Å². The first-order chi connectivity index (χ1) is 6.70. The first-order valence-corrected chi connectivity index (χ1v) is 5.58. The zero-order chi connectivity index (χ0) is 10.8. The molecule has 0 aliphatic rings. The van der Waals surface area contributed by atoms with Gasteiger partial charge in [0, 0.05) is 12.8 Å². The highest BCUT2D eigenvalue weighted by Crippen LogP contribution is 2.17. The molecule has 0 radical (unpaired) electrons. The van der Waals surface area contributed by atoms with Crippen molar-refractivity contribution in [2.45, 2.75) is 52.4 Å². The van der Waals surface area contributed by atoms with Crippen LogP contribution in [0, 0.1) is 11.8 Å². The van der Waals surface area contributed by atoms with Crippen molar-refractivity contribution in [2.75, 3.05) is 0 Å². The van der Waals surface area contributed by atoms with Crippen molar-refractivity contribution in [3.63, 3.8) is 0 Å². The quantitative estimate of drug-likeness (QED) is 0.534. The molecule has 2 heteroatoms. The third-order valence-corrected chi connectivity index (χ3v) is 2.67. The van der Waals surface area contributed by atoms with Gasteiger partial charge in [-0.1, -0.05) is 33.1 Å². The molecule has 0 rings (SSSR count). The first-order valence-electron chi connectivity index (χ1n) is 5.58. The van der Waals surface area contributed by atoms with Crippen LogP contribution in [0.15, 0.2) is 0 Å². The third-order valence-electron chi connectivity index (χ3n) is 2.67. The Balaban J connectivity index is 3.33. The predicted octanol–water partition coefficient (Wildman–Crippen LogP) is 3.00. The molecule has 0 heterocycles. The van der Waals surface area contributed by atoms with Crippen molar-refractivity contribution in [1.29, 1.82) is 0 Å². The summed E-state index contributed by atoms with van der Waals surface area (Å²) in [6, 6.07) is 0. The maximum absolute atomic E-state index is 10.2. The van der Waals surface area contributed by atoms with Crippen molar-refractivity contribution in [3.05, 3.63) is 0 Å². The third kappa shape index (κ3) is 7.96. The SMILES string of the molecule is CC(CC=O)CCCC(C)CCC=O. The summed E-state index contributed by atoms with van der Waals surface area (Å²) in [5, 5.41) is 0. The van der Waals surface area contributed by atoms with Gasteiger partial charge in [0.2, 0.25) is 0 Å². The molecule has 0 aromatic carbocycles. The summed E-state index contributed by atoms with van der Waals surface area (Å²) in [5.74, 6) is 1.16. The standard InChI is InChI=1S/C12H22O2/c1-11(7-4-9-13)5-3-6-12(2)8-10-14/h9-12H,3-8H2,1-2H3. The number of hydrogen-bond donors (Lipinski definition) is 0. The number of rotatable bonds is 9. The molecule has 2 unspecified atom stereocenters.